The van der Waals surface area contributed by atoms with E-state index in [1.807, 2.05) is 0 Å². The van der Waals surface area contributed by atoms with Crippen LogP contribution in [-0.4, -0.2) is 6.54 Å². The van der Waals surface area contributed by atoms with Crippen LogP contribution in [0.1, 0.15) is 17.5 Å². The van der Waals surface area contributed by atoms with Gasteiger partial charge in [0.05, 0.1) is 0 Å². The Balaban J connectivity index is 3.01. The summed E-state index contributed by atoms with van der Waals surface area (Å²) < 4.78 is 26.7. The van der Waals surface area contributed by atoms with E-state index in [1.165, 1.54) is 12.1 Å². The predicted molar refractivity (Wildman–Crippen MR) is 53.8 cm³/mol. The van der Waals surface area contributed by atoms with Crippen LogP contribution in [-0.2, 0) is 5.92 Å². The molecule has 0 aliphatic carbocycles. The number of aryl methyl sites for hydroxylation is 1. The largest absolute Gasteiger partial charge is 0.330 e. The first-order valence-electron chi connectivity index (χ1n) is 4.32. The van der Waals surface area contributed by atoms with Crippen molar-refractivity contribution >= 4 is 11.6 Å². The minimum absolute atomic E-state index is 0.0432. The van der Waals surface area contributed by atoms with Gasteiger partial charge in [0, 0.05) is 17.0 Å². The summed E-state index contributed by atoms with van der Waals surface area (Å²) >= 11 is 5.76. The molecule has 14 heavy (non-hydrogen) atoms. The van der Waals surface area contributed by atoms with Gasteiger partial charge in [-0.2, -0.15) is 0 Å². The number of benzene rings is 1. The van der Waals surface area contributed by atoms with Crippen molar-refractivity contribution in [1.29, 1.82) is 0 Å². The Kier molecular flexibility index (Phi) is 3.45. The van der Waals surface area contributed by atoms with Crippen molar-refractivity contribution in [3.8, 4) is 0 Å². The van der Waals surface area contributed by atoms with E-state index in [0.29, 0.717) is 5.02 Å². The molecular weight excluding hydrogens is 208 g/mol. The smallest absolute Gasteiger partial charge is 0.274 e. The van der Waals surface area contributed by atoms with Crippen molar-refractivity contribution in [3.05, 3.63) is 34.3 Å². The summed E-state index contributed by atoms with van der Waals surface area (Å²) in [5.41, 5.74) is 5.83. The predicted octanol–water partition coefficient (Wildman–Crippen LogP) is 3.09. The maximum Gasteiger partial charge on any atom is 0.274 e. The molecule has 1 nitrogen and oxygen atoms in total. The third-order valence-electron chi connectivity index (χ3n) is 2.05. The Morgan fingerprint density at radius 2 is 2.07 bits per heavy atom. The van der Waals surface area contributed by atoms with Gasteiger partial charge < -0.3 is 5.73 Å². The number of nitrogens with two attached hydrogens (primary N) is 1. The normalized spacial score (nSPS) is 11.8. The summed E-state index contributed by atoms with van der Waals surface area (Å²) in [5, 5.41) is 0.360. The van der Waals surface area contributed by atoms with Gasteiger partial charge in [0.2, 0.25) is 0 Å². The highest BCUT2D eigenvalue weighted by Gasteiger charge is 2.30. The van der Waals surface area contributed by atoms with E-state index in [0.717, 1.165) is 5.56 Å². The maximum absolute atomic E-state index is 13.3. The van der Waals surface area contributed by atoms with Crippen LogP contribution in [0.3, 0.4) is 0 Å². The van der Waals surface area contributed by atoms with Crippen LogP contribution in [0.25, 0.3) is 0 Å². The molecule has 0 aliphatic rings. The van der Waals surface area contributed by atoms with Gasteiger partial charge in [0.15, 0.2) is 0 Å². The first kappa shape index (κ1) is 11.4. The second-order valence-corrected chi connectivity index (χ2v) is 3.61. The molecule has 0 saturated carbocycles. The number of halogens is 3. The van der Waals surface area contributed by atoms with Crippen molar-refractivity contribution in [3.63, 3.8) is 0 Å². The molecule has 0 bridgehead atoms. The third-order valence-corrected chi connectivity index (χ3v) is 2.46. The van der Waals surface area contributed by atoms with Crippen molar-refractivity contribution < 1.29 is 8.78 Å². The zero-order valence-corrected chi connectivity index (χ0v) is 8.61. The second kappa shape index (κ2) is 4.24. The Bertz CT molecular complexity index is 326. The summed E-state index contributed by atoms with van der Waals surface area (Å²) in [4.78, 5) is 0. The Labute approximate surface area is 86.9 Å². The Morgan fingerprint density at radius 1 is 1.43 bits per heavy atom. The van der Waals surface area contributed by atoms with Crippen molar-refractivity contribution in [2.75, 3.05) is 6.54 Å². The molecule has 0 radical (unpaired) electrons. The summed E-state index contributed by atoms with van der Waals surface area (Å²) in [6, 6.07) is 4.27. The summed E-state index contributed by atoms with van der Waals surface area (Å²) in [5.74, 6) is -2.88. The average Bonchev–Trinajstić information content (AvgIpc) is 2.09. The van der Waals surface area contributed by atoms with Gasteiger partial charge in [-0.25, -0.2) is 8.78 Å². The first-order chi connectivity index (χ1) is 6.47. The van der Waals surface area contributed by atoms with Gasteiger partial charge in [-0.1, -0.05) is 23.7 Å². The average molecular weight is 220 g/mol. The van der Waals surface area contributed by atoms with Crippen LogP contribution in [0.4, 0.5) is 8.78 Å². The lowest BCUT2D eigenvalue weighted by atomic mass is 10.0. The van der Waals surface area contributed by atoms with E-state index in [2.05, 4.69) is 0 Å². The molecule has 1 aromatic carbocycles. The van der Waals surface area contributed by atoms with Gasteiger partial charge in [0.25, 0.3) is 5.92 Å². The molecule has 0 heterocycles. The van der Waals surface area contributed by atoms with E-state index >= 15 is 0 Å². The Morgan fingerprint density at radius 3 is 2.57 bits per heavy atom. The van der Waals surface area contributed by atoms with Crippen LogP contribution in [0.5, 0.6) is 0 Å². The first-order valence-corrected chi connectivity index (χ1v) is 4.69. The number of rotatable bonds is 3. The van der Waals surface area contributed by atoms with Crippen LogP contribution in [0.15, 0.2) is 18.2 Å². The van der Waals surface area contributed by atoms with Crippen LogP contribution in [0, 0.1) is 6.92 Å². The summed E-state index contributed by atoms with van der Waals surface area (Å²) in [6.45, 7) is 1.73. The third kappa shape index (κ3) is 2.42. The summed E-state index contributed by atoms with van der Waals surface area (Å²) in [6.07, 6.45) is -0.355. The number of hydrogen-bond acceptors (Lipinski definition) is 1. The monoisotopic (exact) mass is 219 g/mol. The van der Waals surface area contributed by atoms with Gasteiger partial charge in [-0.15, -0.1) is 0 Å². The lowest BCUT2D eigenvalue weighted by molar-refractivity contribution is -0.0107. The molecular formula is C10H12ClF2N. The standard InChI is InChI=1S/C10H12ClF2N/c1-7-2-3-8(6-9(7)11)10(12,13)4-5-14/h2-3,6H,4-5,14H2,1H3. The molecule has 0 unspecified atom stereocenters. The molecule has 78 valence electrons. The molecule has 1 aromatic rings. The van der Waals surface area contributed by atoms with E-state index < -0.39 is 5.92 Å². The number of alkyl halides is 2. The fourth-order valence-corrected chi connectivity index (χ4v) is 1.33. The fourth-order valence-electron chi connectivity index (χ4n) is 1.15. The highest BCUT2D eigenvalue weighted by molar-refractivity contribution is 6.31. The molecule has 0 saturated heterocycles. The lowest BCUT2D eigenvalue weighted by Crippen LogP contribution is -2.18. The molecule has 0 atom stereocenters. The van der Waals surface area contributed by atoms with E-state index in [4.69, 9.17) is 17.3 Å². The van der Waals surface area contributed by atoms with Crippen LogP contribution >= 0.6 is 11.6 Å². The van der Waals surface area contributed by atoms with Crippen molar-refractivity contribution in [1.82, 2.24) is 0 Å². The fraction of sp³-hybridized carbons (Fsp3) is 0.400. The van der Waals surface area contributed by atoms with Crippen LogP contribution < -0.4 is 5.73 Å². The van der Waals surface area contributed by atoms with Crippen molar-refractivity contribution in [2.45, 2.75) is 19.3 Å². The zero-order valence-electron chi connectivity index (χ0n) is 7.86. The number of hydrogen-bond donors (Lipinski definition) is 1. The molecule has 0 fully saturated rings. The van der Waals surface area contributed by atoms with E-state index in [9.17, 15) is 8.78 Å². The summed E-state index contributed by atoms with van der Waals surface area (Å²) in [7, 11) is 0. The second-order valence-electron chi connectivity index (χ2n) is 3.21. The minimum atomic E-state index is -2.88. The molecule has 0 spiro atoms. The quantitative estimate of drug-likeness (QED) is 0.831. The zero-order chi connectivity index (χ0) is 10.8. The van der Waals surface area contributed by atoms with Gasteiger partial charge in [-0.05, 0) is 25.1 Å². The van der Waals surface area contributed by atoms with E-state index in [-0.39, 0.29) is 18.5 Å². The SMILES string of the molecule is Cc1ccc(C(F)(F)CCN)cc1Cl. The molecule has 1 rings (SSSR count). The highest BCUT2D eigenvalue weighted by atomic mass is 35.5. The molecule has 0 aliphatic heterocycles. The Hall–Kier alpha value is -0.670. The van der Waals surface area contributed by atoms with Crippen molar-refractivity contribution in [2.24, 2.45) is 5.73 Å². The van der Waals surface area contributed by atoms with E-state index in [1.54, 1.807) is 13.0 Å². The lowest BCUT2D eigenvalue weighted by Gasteiger charge is -2.16. The van der Waals surface area contributed by atoms with Gasteiger partial charge in [0.1, 0.15) is 0 Å². The maximum atomic E-state index is 13.3. The minimum Gasteiger partial charge on any atom is -0.330 e. The highest BCUT2D eigenvalue weighted by Crippen LogP contribution is 2.33. The molecule has 0 aromatic heterocycles. The molecule has 4 heteroatoms. The van der Waals surface area contributed by atoms with Crippen LogP contribution in [0.2, 0.25) is 5.02 Å². The molecule has 2 N–H and O–H groups in total. The molecule has 0 amide bonds. The van der Waals surface area contributed by atoms with Gasteiger partial charge in [-0.3, -0.25) is 0 Å². The topological polar surface area (TPSA) is 26.0 Å². The van der Waals surface area contributed by atoms with Gasteiger partial charge >= 0.3 is 0 Å².